The summed E-state index contributed by atoms with van der Waals surface area (Å²) in [4.78, 5) is 37.9. The fourth-order valence-electron chi connectivity index (χ4n) is 3.20. The van der Waals surface area contributed by atoms with Crippen molar-refractivity contribution in [3.63, 3.8) is 0 Å². The molecule has 9 heteroatoms. The van der Waals surface area contributed by atoms with Crippen molar-refractivity contribution in [1.29, 1.82) is 0 Å². The maximum atomic E-state index is 12.4. The average molecular weight is 399 g/mol. The van der Waals surface area contributed by atoms with E-state index >= 15 is 0 Å². The van der Waals surface area contributed by atoms with Crippen molar-refractivity contribution in [3.8, 4) is 5.69 Å². The molecule has 1 heterocycles. The smallest absolute Gasteiger partial charge is 0.361 e. The highest BCUT2D eigenvalue weighted by Gasteiger charge is 2.25. The lowest BCUT2D eigenvalue weighted by Gasteiger charge is -2.23. The van der Waals surface area contributed by atoms with E-state index in [-0.39, 0.29) is 11.7 Å². The predicted octanol–water partition coefficient (Wildman–Crippen LogP) is 2.28. The minimum Gasteiger partial charge on any atom is -0.448 e. The number of amides is 3. The lowest BCUT2D eigenvalue weighted by molar-refractivity contribution is -0.127. The Morgan fingerprint density at radius 3 is 2.48 bits per heavy atom. The van der Waals surface area contributed by atoms with Crippen molar-refractivity contribution < 1.29 is 19.1 Å². The van der Waals surface area contributed by atoms with Gasteiger partial charge in [0.15, 0.2) is 11.8 Å². The Bertz CT molecular complexity index is 874. The minimum atomic E-state index is -1.15. The van der Waals surface area contributed by atoms with Gasteiger partial charge in [0.05, 0.1) is 11.4 Å². The van der Waals surface area contributed by atoms with E-state index in [0.29, 0.717) is 11.4 Å². The van der Waals surface area contributed by atoms with E-state index in [4.69, 9.17) is 4.74 Å². The van der Waals surface area contributed by atoms with E-state index in [1.807, 2.05) is 18.2 Å². The quantitative estimate of drug-likeness (QED) is 0.746. The molecule has 0 bridgehead atoms. The number of para-hydroxylation sites is 1. The summed E-state index contributed by atoms with van der Waals surface area (Å²) in [5, 5.41) is 13.4. The largest absolute Gasteiger partial charge is 0.448 e. The molecule has 1 aromatic carbocycles. The summed E-state index contributed by atoms with van der Waals surface area (Å²) in [6.07, 6.45) is 3.96. The fourth-order valence-corrected chi connectivity index (χ4v) is 3.20. The molecule has 0 spiro atoms. The fraction of sp³-hybridized carbons (Fsp3) is 0.450. The second-order valence-electron chi connectivity index (χ2n) is 7.10. The molecule has 1 aromatic heterocycles. The van der Waals surface area contributed by atoms with Crippen LogP contribution in [0.25, 0.3) is 5.69 Å². The summed E-state index contributed by atoms with van der Waals surface area (Å²) in [5.74, 6) is -1.47. The lowest BCUT2D eigenvalue weighted by Crippen LogP contribution is -2.48. The number of nitrogens with zero attached hydrogens (tertiary/aromatic N) is 3. The number of rotatable bonds is 5. The number of aryl methyl sites for hydroxylation is 1. The van der Waals surface area contributed by atoms with Gasteiger partial charge < -0.3 is 10.1 Å². The van der Waals surface area contributed by atoms with Gasteiger partial charge in [0.1, 0.15) is 0 Å². The average Bonchev–Trinajstić information content (AvgIpc) is 3.11. The summed E-state index contributed by atoms with van der Waals surface area (Å²) in [5.41, 5.74) is 1.08. The Hall–Kier alpha value is -3.23. The zero-order chi connectivity index (χ0) is 20.8. The molecule has 1 aliphatic rings. The van der Waals surface area contributed by atoms with Gasteiger partial charge in [-0.15, -0.1) is 5.10 Å². The summed E-state index contributed by atoms with van der Waals surface area (Å²) in [6, 6.07) is 8.62. The zero-order valence-electron chi connectivity index (χ0n) is 16.6. The first-order chi connectivity index (χ1) is 13.9. The SMILES string of the molecule is Cc1nn(-c2ccccc2)nc1C(=O)OC(C)C(=O)NC(=O)NC1CCCCC1. The van der Waals surface area contributed by atoms with Crippen LogP contribution < -0.4 is 10.6 Å². The van der Waals surface area contributed by atoms with Crippen LogP contribution in [0.5, 0.6) is 0 Å². The number of esters is 1. The number of aromatic nitrogens is 3. The first-order valence-electron chi connectivity index (χ1n) is 9.75. The maximum absolute atomic E-state index is 12.4. The van der Waals surface area contributed by atoms with Crippen LogP contribution in [0.1, 0.15) is 55.2 Å². The summed E-state index contributed by atoms with van der Waals surface area (Å²) in [7, 11) is 0. The normalized spacial score (nSPS) is 15.4. The lowest BCUT2D eigenvalue weighted by atomic mass is 9.96. The molecule has 3 rings (SSSR count). The van der Waals surface area contributed by atoms with E-state index in [1.165, 1.54) is 18.1 Å². The number of benzene rings is 1. The van der Waals surface area contributed by atoms with Gasteiger partial charge in [-0.25, -0.2) is 9.59 Å². The molecule has 0 radical (unpaired) electrons. The number of hydrogen-bond acceptors (Lipinski definition) is 6. The van der Waals surface area contributed by atoms with Crippen molar-refractivity contribution >= 4 is 17.9 Å². The number of imide groups is 1. The van der Waals surface area contributed by atoms with Crippen molar-refractivity contribution in [2.75, 3.05) is 0 Å². The van der Waals surface area contributed by atoms with Crippen LogP contribution in [0.2, 0.25) is 0 Å². The first kappa shape index (κ1) is 20.5. The standard InChI is InChI=1S/C20H25N5O4/c1-13-17(24-25(23-13)16-11-7-4-8-12-16)19(27)29-14(2)18(26)22-20(28)21-15-9-5-3-6-10-15/h4,7-8,11-12,14-15H,3,5-6,9-10H2,1-2H3,(H2,21,22,26,28). The summed E-state index contributed by atoms with van der Waals surface area (Å²) >= 11 is 0. The third-order valence-electron chi connectivity index (χ3n) is 4.79. The van der Waals surface area contributed by atoms with Gasteiger partial charge >= 0.3 is 12.0 Å². The van der Waals surface area contributed by atoms with Crippen molar-refractivity contribution in [1.82, 2.24) is 25.6 Å². The molecule has 0 aliphatic heterocycles. The van der Waals surface area contributed by atoms with Crippen LogP contribution in [0.15, 0.2) is 30.3 Å². The highest BCUT2D eigenvalue weighted by molar-refractivity contribution is 5.98. The first-order valence-corrected chi connectivity index (χ1v) is 9.75. The number of carbonyl (C=O) groups is 3. The maximum Gasteiger partial charge on any atom is 0.361 e. The predicted molar refractivity (Wildman–Crippen MR) is 105 cm³/mol. The Morgan fingerprint density at radius 2 is 1.79 bits per heavy atom. The molecule has 1 aliphatic carbocycles. The number of hydrogen-bond donors (Lipinski definition) is 2. The molecule has 2 N–H and O–H groups in total. The highest BCUT2D eigenvalue weighted by atomic mass is 16.5. The zero-order valence-corrected chi connectivity index (χ0v) is 16.6. The molecular formula is C20H25N5O4. The van der Waals surface area contributed by atoms with Gasteiger partial charge in [0, 0.05) is 6.04 Å². The van der Waals surface area contributed by atoms with Crippen molar-refractivity contribution in [2.24, 2.45) is 0 Å². The molecule has 1 unspecified atom stereocenters. The van der Waals surface area contributed by atoms with Crippen LogP contribution >= 0.6 is 0 Å². The van der Waals surface area contributed by atoms with Gasteiger partial charge in [0.2, 0.25) is 0 Å². The Morgan fingerprint density at radius 1 is 1.10 bits per heavy atom. The van der Waals surface area contributed by atoms with Gasteiger partial charge in [-0.05, 0) is 38.8 Å². The molecular weight excluding hydrogens is 374 g/mol. The molecule has 1 saturated carbocycles. The van der Waals surface area contributed by atoms with Crippen LogP contribution in [0.4, 0.5) is 4.79 Å². The number of nitrogens with one attached hydrogen (secondary N) is 2. The van der Waals surface area contributed by atoms with Gasteiger partial charge in [-0.1, -0.05) is 37.5 Å². The third kappa shape index (κ3) is 5.40. The van der Waals surface area contributed by atoms with E-state index in [2.05, 4.69) is 20.8 Å². The van der Waals surface area contributed by atoms with Crippen molar-refractivity contribution in [3.05, 3.63) is 41.7 Å². The highest BCUT2D eigenvalue weighted by Crippen LogP contribution is 2.17. The van der Waals surface area contributed by atoms with E-state index in [9.17, 15) is 14.4 Å². The van der Waals surface area contributed by atoms with Crippen LogP contribution in [0.3, 0.4) is 0 Å². The monoisotopic (exact) mass is 399 g/mol. The molecule has 29 heavy (non-hydrogen) atoms. The number of ether oxygens (including phenoxy) is 1. The Labute approximate surface area is 168 Å². The molecule has 1 atom stereocenters. The van der Waals surface area contributed by atoms with Gasteiger partial charge in [-0.3, -0.25) is 10.1 Å². The molecule has 1 fully saturated rings. The second-order valence-corrected chi connectivity index (χ2v) is 7.10. The van der Waals surface area contributed by atoms with Gasteiger partial charge in [-0.2, -0.15) is 9.90 Å². The Kier molecular flexibility index (Phi) is 6.58. The third-order valence-corrected chi connectivity index (χ3v) is 4.79. The molecule has 154 valence electrons. The molecule has 9 nitrogen and oxygen atoms in total. The minimum absolute atomic E-state index is 0.0140. The molecule has 2 aromatic rings. The topological polar surface area (TPSA) is 115 Å². The number of urea groups is 1. The van der Waals surface area contributed by atoms with Crippen molar-refractivity contribution in [2.45, 2.75) is 58.1 Å². The van der Waals surface area contributed by atoms with Crippen LogP contribution in [0, 0.1) is 6.92 Å². The Balaban J connectivity index is 1.55. The van der Waals surface area contributed by atoms with E-state index < -0.39 is 24.0 Å². The summed E-state index contributed by atoms with van der Waals surface area (Å²) in [6.45, 7) is 3.03. The molecule has 3 amide bonds. The molecule has 0 saturated heterocycles. The summed E-state index contributed by atoms with van der Waals surface area (Å²) < 4.78 is 5.17. The number of carbonyl (C=O) groups excluding carboxylic acids is 3. The second kappa shape index (κ2) is 9.31. The van der Waals surface area contributed by atoms with E-state index in [0.717, 1.165) is 25.7 Å². The van der Waals surface area contributed by atoms with Crippen LogP contribution in [-0.4, -0.2) is 45.0 Å². The van der Waals surface area contributed by atoms with Crippen LogP contribution in [-0.2, 0) is 9.53 Å². The van der Waals surface area contributed by atoms with Gasteiger partial charge in [0.25, 0.3) is 5.91 Å². The van der Waals surface area contributed by atoms with E-state index in [1.54, 1.807) is 19.1 Å².